The Bertz CT molecular complexity index is 1350. The first-order chi connectivity index (χ1) is 15.5. The summed E-state index contributed by atoms with van der Waals surface area (Å²) < 4.78 is 6.63. The van der Waals surface area contributed by atoms with Crippen LogP contribution in [0.4, 0.5) is 11.5 Å². The highest BCUT2D eigenvalue weighted by atomic mass is 16.3. The minimum absolute atomic E-state index is 0.0661. The Hall–Kier alpha value is -4.33. The van der Waals surface area contributed by atoms with Gasteiger partial charge in [-0.05, 0) is 24.1 Å². The third-order valence-corrected chi connectivity index (χ3v) is 5.15. The van der Waals surface area contributed by atoms with Crippen LogP contribution in [0.25, 0.3) is 0 Å². The number of H-pyrrole nitrogens is 1. The van der Waals surface area contributed by atoms with Crippen molar-refractivity contribution in [2.75, 3.05) is 10.6 Å². The van der Waals surface area contributed by atoms with Crippen molar-refractivity contribution in [3.05, 3.63) is 116 Å². The zero-order valence-corrected chi connectivity index (χ0v) is 17.4. The molecule has 0 aliphatic heterocycles. The molecule has 0 saturated heterocycles. The number of rotatable bonds is 6. The van der Waals surface area contributed by atoms with Gasteiger partial charge in [-0.3, -0.25) is 24.0 Å². The zero-order chi connectivity index (χ0) is 22.7. The van der Waals surface area contributed by atoms with Crippen molar-refractivity contribution in [1.29, 1.82) is 0 Å². The fourth-order valence-corrected chi connectivity index (χ4v) is 3.49. The molecule has 2 aromatic carbocycles. The summed E-state index contributed by atoms with van der Waals surface area (Å²) in [4.78, 5) is 42.4. The van der Waals surface area contributed by atoms with Gasteiger partial charge in [0.25, 0.3) is 11.5 Å². The van der Waals surface area contributed by atoms with Crippen molar-refractivity contribution in [2.45, 2.75) is 20.0 Å². The monoisotopic (exact) mass is 430 g/mol. The van der Waals surface area contributed by atoms with Gasteiger partial charge >= 0.3 is 5.69 Å². The Kier molecular flexibility index (Phi) is 5.76. The molecule has 0 unspecified atom stereocenters. The van der Waals surface area contributed by atoms with Gasteiger partial charge in [-0.15, -0.1) is 0 Å². The standard InChI is InChI=1S/C24H22N4O4/c1-16-12-13-32-20(16)23(30)27(14-17-8-4-2-5-9-17)19-21(25)28(24(31)26-22(19)29)15-18-10-6-3-7-11-18/h2-13H,14-15,25H2,1H3,(H,26,29,31). The maximum absolute atomic E-state index is 13.4. The Labute approximate surface area is 183 Å². The molecular formula is C24H22N4O4. The molecule has 8 heteroatoms. The van der Waals surface area contributed by atoms with Crippen molar-refractivity contribution in [3.63, 3.8) is 0 Å². The van der Waals surface area contributed by atoms with Crippen LogP contribution < -0.4 is 21.9 Å². The normalized spacial score (nSPS) is 10.8. The van der Waals surface area contributed by atoms with Gasteiger partial charge in [0.2, 0.25) is 0 Å². The Balaban J connectivity index is 1.85. The molecule has 8 nitrogen and oxygen atoms in total. The summed E-state index contributed by atoms with van der Waals surface area (Å²) >= 11 is 0. The van der Waals surface area contributed by atoms with Gasteiger partial charge < -0.3 is 10.2 Å². The van der Waals surface area contributed by atoms with E-state index < -0.39 is 17.2 Å². The van der Waals surface area contributed by atoms with E-state index in [1.807, 2.05) is 60.7 Å². The number of aryl methyl sites for hydroxylation is 1. The number of furan rings is 1. The number of nitrogen functional groups attached to an aromatic ring is 1. The third-order valence-electron chi connectivity index (χ3n) is 5.15. The van der Waals surface area contributed by atoms with Crippen molar-refractivity contribution in [2.24, 2.45) is 0 Å². The fourth-order valence-electron chi connectivity index (χ4n) is 3.49. The lowest BCUT2D eigenvalue weighted by Gasteiger charge is -2.24. The Morgan fingerprint density at radius 1 is 1.00 bits per heavy atom. The van der Waals surface area contributed by atoms with E-state index in [2.05, 4.69) is 4.98 Å². The summed E-state index contributed by atoms with van der Waals surface area (Å²) in [5.41, 5.74) is 7.06. The quantitative estimate of drug-likeness (QED) is 0.488. The summed E-state index contributed by atoms with van der Waals surface area (Å²) in [6, 6.07) is 20.1. The molecule has 0 saturated carbocycles. The molecule has 4 aromatic rings. The molecule has 0 bridgehead atoms. The number of nitrogens with two attached hydrogens (primary N) is 1. The van der Waals surface area contributed by atoms with Crippen LogP contribution >= 0.6 is 0 Å². The summed E-state index contributed by atoms with van der Waals surface area (Å²) in [5, 5.41) is 0. The van der Waals surface area contributed by atoms with E-state index in [1.165, 1.54) is 15.7 Å². The first-order valence-electron chi connectivity index (χ1n) is 10.0. The number of nitrogens with one attached hydrogen (secondary N) is 1. The number of aromatic nitrogens is 2. The van der Waals surface area contributed by atoms with Crippen LogP contribution in [0.3, 0.4) is 0 Å². The zero-order valence-electron chi connectivity index (χ0n) is 17.4. The van der Waals surface area contributed by atoms with E-state index >= 15 is 0 Å². The first kappa shape index (κ1) is 20.9. The van der Waals surface area contributed by atoms with Gasteiger partial charge in [-0.1, -0.05) is 60.7 Å². The SMILES string of the molecule is Cc1ccoc1C(=O)N(Cc1ccccc1)c1c(N)n(Cc2ccccc2)c(=O)[nH]c1=O. The molecule has 32 heavy (non-hydrogen) atoms. The predicted octanol–water partition coefficient (Wildman–Crippen LogP) is 2.92. The van der Waals surface area contributed by atoms with E-state index in [4.69, 9.17) is 10.2 Å². The van der Waals surface area contributed by atoms with Crippen LogP contribution in [-0.2, 0) is 13.1 Å². The number of hydrogen-bond donors (Lipinski definition) is 2. The molecule has 1 amide bonds. The summed E-state index contributed by atoms with van der Waals surface area (Å²) in [5.74, 6) is -0.532. The summed E-state index contributed by atoms with van der Waals surface area (Å²) in [6.07, 6.45) is 1.41. The molecule has 2 aromatic heterocycles. The topological polar surface area (TPSA) is 114 Å². The average molecular weight is 430 g/mol. The highest BCUT2D eigenvalue weighted by Crippen LogP contribution is 2.24. The lowest BCUT2D eigenvalue weighted by molar-refractivity contribution is 0.0957. The molecule has 3 N–H and O–H groups in total. The second-order valence-electron chi connectivity index (χ2n) is 7.37. The van der Waals surface area contributed by atoms with Crippen LogP contribution in [0.1, 0.15) is 27.2 Å². The molecule has 0 fully saturated rings. The lowest BCUT2D eigenvalue weighted by atomic mass is 10.1. The largest absolute Gasteiger partial charge is 0.459 e. The van der Waals surface area contributed by atoms with Crippen molar-refractivity contribution in [1.82, 2.24) is 9.55 Å². The third kappa shape index (κ3) is 4.11. The van der Waals surface area contributed by atoms with E-state index in [0.29, 0.717) is 5.56 Å². The second-order valence-corrected chi connectivity index (χ2v) is 7.37. The summed E-state index contributed by atoms with van der Waals surface area (Å²) in [7, 11) is 0. The van der Waals surface area contributed by atoms with Crippen LogP contribution in [0.15, 0.2) is 87.0 Å². The number of hydrogen-bond acceptors (Lipinski definition) is 5. The van der Waals surface area contributed by atoms with Crippen molar-refractivity contribution >= 4 is 17.4 Å². The molecule has 0 spiro atoms. The van der Waals surface area contributed by atoms with Gasteiger partial charge in [0.15, 0.2) is 11.4 Å². The van der Waals surface area contributed by atoms with Crippen molar-refractivity contribution < 1.29 is 9.21 Å². The number of amides is 1. The second kappa shape index (κ2) is 8.81. The number of nitrogens with zero attached hydrogens (tertiary/aromatic N) is 2. The fraction of sp³-hybridized carbons (Fsp3) is 0.125. The molecule has 0 atom stereocenters. The smallest absolute Gasteiger partial charge is 0.330 e. The summed E-state index contributed by atoms with van der Waals surface area (Å²) in [6.45, 7) is 1.94. The van der Waals surface area contributed by atoms with Crippen LogP contribution in [0.5, 0.6) is 0 Å². The molecule has 4 rings (SSSR count). The van der Waals surface area contributed by atoms with Crippen LogP contribution in [0, 0.1) is 6.92 Å². The minimum atomic E-state index is -0.745. The highest BCUT2D eigenvalue weighted by Gasteiger charge is 2.28. The Morgan fingerprint density at radius 3 is 2.22 bits per heavy atom. The molecule has 2 heterocycles. The number of carbonyl (C=O) groups excluding carboxylic acids is 1. The van der Waals surface area contributed by atoms with E-state index in [9.17, 15) is 14.4 Å². The number of benzene rings is 2. The van der Waals surface area contributed by atoms with Gasteiger partial charge in [0, 0.05) is 5.56 Å². The maximum atomic E-state index is 13.4. The van der Waals surface area contributed by atoms with Crippen molar-refractivity contribution in [3.8, 4) is 0 Å². The van der Waals surface area contributed by atoms with Gasteiger partial charge in [-0.2, -0.15) is 0 Å². The predicted molar refractivity (Wildman–Crippen MR) is 122 cm³/mol. The molecular weight excluding hydrogens is 408 g/mol. The maximum Gasteiger partial charge on any atom is 0.330 e. The number of carbonyl (C=O) groups is 1. The first-order valence-corrected chi connectivity index (χ1v) is 10.0. The van der Waals surface area contributed by atoms with E-state index in [0.717, 1.165) is 11.1 Å². The molecule has 0 radical (unpaired) electrons. The van der Waals surface area contributed by atoms with Crippen LogP contribution in [0.2, 0.25) is 0 Å². The molecule has 0 aliphatic carbocycles. The van der Waals surface area contributed by atoms with Gasteiger partial charge in [0.1, 0.15) is 5.82 Å². The highest BCUT2D eigenvalue weighted by molar-refractivity contribution is 6.06. The van der Waals surface area contributed by atoms with E-state index in [1.54, 1.807) is 13.0 Å². The van der Waals surface area contributed by atoms with E-state index in [-0.39, 0.29) is 30.4 Å². The number of aromatic amines is 1. The number of anilines is 2. The van der Waals surface area contributed by atoms with Gasteiger partial charge in [-0.25, -0.2) is 4.79 Å². The van der Waals surface area contributed by atoms with Gasteiger partial charge in [0.05, 0.1) is 19.4 Å². The minimum Gasteiger partial charge on any atom is -0.459 e. The molecule has 0 aliphatic rings. The Morgan fingerprint density at radius 2 is 1.62 bits per heavy atom. The lowest BCUT2D eigenvalue weighted by Crippen LogP contribution is -2.41. The van der Waals surface area contributed by atoms with Crippen LogP contribution in [-0.4, -0.2) is 15.5 Å². The average Bonchev–Trinajstić information content (AvgIpc) is 3.22. The molecule has 162 valence electrons.